The Labute approximate surface area is 157 Å². The van der Waals surface area contributed by atoms with E-state index in [1.807, 2.05) is 30.3 Å². The molecule has 1 N–H and O–H groups in total. The van der Waals surface area contributed by atoms with Crippen molar-refractivity contribution in [1.82, 2.24) is 15.0 Å². The van der Waals surface area contributed by atoms with Crippen molar-refractivity contribution in [3.63, 3.8) is 0 Å². The van der Waals surface area contributed by atoms with Crippen molar-refractivity contribution in [3.05, 3.63) is 66.6 Å². The topological polar surface area (TPSA) is 59.8 Å². The van der Waals surface area contributed by atoms with Gasteiger partial charge in [-0.1, -0.05) is 29.8 Å². The van der Waals surface area contributed by atoms with Gasteiger partial charge < -0.3 is 5.32 Å². The summed E-state index contributed by atoms with van der Waals surface area (Å²) in [5.74, 6) is -0.134. The number of hydrogen-bond donors (Lipinski definition) is 1. The zero-order chi connectivity index (χ0) is 18.6. The van der Waals surface area contributed by atoms with Crippen molar-refractivity contribution < 1.29 is 9.18 Å². The minimum Gasteiger partial charge on any atom is -0.384 e. The summed E-state index contributed by atoms with van der Waals surface area (Å²) < 4.78 is 14.8. The molecule has 0 amide bonds. The summed E-state index contributed by atoms with van der Waals surface area (Å²) in [5, 5.41) is 11.7. The predicted octanol–water partition coefficient (Wildman–Crippen LogP) is 4.11. The van der Waals surface area contributed by atoms with Crippen molar-refractivity contribution in [3.8, 4) is 11.3 Å². The van der Waals surface area contributed by atoms with E-state index in [1.165, 1.54) is 12.1 Å². The lowest BCUT2D eigenvalue weighted by atomic mass is 9.84. The van der Waals surface area contributed by atoms with Crippen LogP contribution in [-0.2, 0) is 4.79 Å². The average molecular weight is 364 g/mol. The van der Waals surface area contributed by atoms with Gasteiger partial charge in [0.05, 0.1) is 6.20 Å². The first kappa shape index (κ1) is 17.4. The van der Waals surface area contributed by atoms with Crippen LogP contribution in [-0.4, -0.2) is 27.3 Å². The summed E-state index contributed by atoms with van der Waals surface area (Å²) in [5.41, 5.74) is 2.45. The zero-order valence-corrected chi connectivity index (χ0v) is 14.9. The van der Waals surface area contributed by atoms with E-state index in [9.17, 15) is 9.18 Å². The van der Waals surface area contributed by atoms with Gasteiger partial charge in [-0.25, -0.2) is 9.07 Å². The number of hydrogen-bond acceptors (Lipinski definition) is 4. The number of benzene rings is 2. The second-order valence-electron chi connectivity index (χ2n) is 6.88. The molecule has 3 aromatic rings. The Morgan fingerprint density at radius 3 is 2.63 bits per heavy atom. The molecule has 0 radical (unpaired) electrons. The van der Waals surface area contributed by atoms with Crippen LogP contribution in [0.15, 0.2) is 60.8 Å². The van der Waals surface area contributed by atoms with Crippen molar-refractivity contribution in [2.24, 2.45) is 5.92 Å². The van der Waals surface area contributed by atoms with Gasteiger partial charge in [0.25, 0.3) is 0 Å². The van der Waals surface area contributed by atoms with E-state index in [1.54, 1.807) is 23.0 Å². The van der Waals surface area contributed by atoms with Crippen LogP contribution in [0.3, 0.4) is 0 Å². The Kier molecular flexibility index (Phi) is 4.96. The van der Waals surface area contributed by atoms with Crippen molar-refractivity contribution >= 4 is 11.5 Å². The molecule has 0 spiro atoms. The Bertz CT molecular complexity index is 907. The van der Waals surface area contributed by atoms with E-state index in [0.717, 1.165) is 30.5 Å². The molecule has 5 nitrogen and oxygen atoms in total. The number of carbonyl (C=O) groups excluding carboxylic acids is 1. The maximum atomic E-state index is 13.1. The van der Waals surface area contributed by atoms with Gasteiger partial charge in [0.2, 0.25) is 0 Å². The molecule has 0 saturated heterocycles. The number of rotatable bonds is 5. The monoisotopic (exact) mass is 364 g/mol. The maximum Gasteiger partial charge on any atom is 0.162 e. The predicted molar refractivity (Wildman–Crippen MR) is 102 cm³/mol. The Hall–Kier alpha value is -3.02. The Morgan fingerprint density at radius 1 is 1.07 bits per heavy atom. The minimum atomic E-state index is -0.289. The van der Waals surface area contributed by atoms with Gasteiger partial charge in [-0.3, -0.25) is 4.79 Å². The normalized spacial score (nSPS) is 19.8. The lowest BCUT2D eigenvalue weighted by Gasteiger charge is -2.28. The van der Waals surface area contributed by atoms with E-state index in [0.29, 0.717) is 12.2 Å². The molecule has 27 heavy (non-hydrogen) atoms. The van der Waals surface area contributed by atoms with Gasteiger partial charge in [-0.2, -0.15) is 0 Å². The number of nitrogens with one attached hydrogen (secondary N) is 1. The first-order valence-electron chi connectivity index (χ1n) is 9.21. The van der Waals surface area contributed by atoms with Crippen LogP contribution in [0.2, 0.25) is 0 Å². The Balaban J connectivity index is 1.45. The molecular formula is C21H21FN4O. The smallest absolute Gasteiger partial charge is 0.162 e. The number of Topliss-reactive ketones (excluding diaryl/α,β-unsaturated/α-hetero) is 1. The van der Waals surface area contributed by atoms with Crippen LogP contribution in [0.5, 0.6) is 0 Å². The van der Waals surface area contributed by atoms with Gasteiger partial charge in [0.1, 0.15) is 17.6 Å². The summed E-state index contributed by atoms with van der Waals surface area (Å²) >= 11 is 0. The standard InChI is InChI=1S/C21H21FN4O/c22-17-11-9-15(10-12-17)19-14-26(25-24-19)20-8-4-5-16(21(20)27)13-23-18-6-2-1-3-7-18/h1-3,6-7,9-12,14,16,20,23H,4-5,8,13H2/t16-,20?/m0/s1. The molecule has 138 valence electrons. The fourth-order valence-corrected chi connectivity index (χ4v) is 3.56. The van der Waals surface area contributed by atoms with Crippen LogP contribution in [0, 0.1) is 11.7 Å². The van der Waals surface area contributed by atoms with Gasteiger partial charge in [0, 0.05) is 23.7 Å². The molecule has 4 rings (SSSR count). The van der Waals surface area contributed by atoms with Crippen molar-refractivity contribution in [2.75, 3.05) is 11.9 Å². The van der Waals surface area contributed by atoms with Gasteiger partial charge >= 0.3 is 0 Å². The summed E-state index contributed by atoms with van der Waals surface area (Å²) in [6.07, 6.45) is 4.41. The van der Waals surface area contributed by atoms with Crippen LogP contribution in [0.1, 0.15) is 25.3 Å². The van der Waals surface area contributed by atoms with Crippen molar-refractivity contribution in [2.45, 2.75) is 25.3 Å². The second kappa shape index (κ2) is 7.70. The third-order valence-electron chi connectivity index (χ3n) is 5.06. The molecule has 0 bridgehead atoms. The highest BCUT2D eigenvalue weighted by Gasteiger charge is 2.33. The molecule has 1 heterocycles. The van der Waals surface area contributed by atoms with E-state index in [2.05, 4.69) is 15.6 Å². The molecule has 2 atom stereocenters. The summed E-state index contributed by atoms with van der Waals surface area (Å²) in [6.45, 7) is 0.624. The first-order chi connectivity index (χ1) is 13.2. The first-order valence-corrected chi connectivity index (χ1v) is 9.21. The highest BCUT2D eigenvalue weighted by molar-refractivity contribution is 5.86. The molecule has 1 aliphatic rings. The SMILES string of the molecule is O=C1C(n2cc(-c3ccc(F)cc3)nn2)CCC[C@H]1CNc1ccccc1. The molecular weight excluding hydrogens is 343 g/mol. The molecule has 0 aliphatic heterocycles. The molecule has 1 aromatic heterocycles. The van der Waals surface area contributed by atoms with Gasteiger partial charge in [0.15, 0.2) is 5.78 Å². The fourth-order valence-electron chi connectivity index (χ4n) is 3.56. The highest BCUT2D eigenvalue weighted by atomic mass is 19.1. The van der Waals surface area contributed by atoms with Gasteiger partial charge in [-0.05, 0) is 49.2 Å². The summed E-state index contributed by atoms with van der Waals surface area (Å²) in [7, 11) is 0. The van der Waals surface area contributed by atoms with E-state index >= 15 is 0 Å². The molecule has 2 aromatic carbocycles. The number of aromatic nitrogens is 3. The summed E-state index contributed by atoms with van der Waals surface area (Å²) in [6, 6.07) is 15.7. The molecule has 1 saturated carbocycles. The summed E-state index contributed by atoms with van der Waals surface area (Å²) in [4.78, 5) is 13.0. The quantitative estimate of drug-likeness (QED) is 0.740. The van der Waals surface area contributed by atoms with E-state index in [4.69, 9.17) is 0 Å². The minimum absolute atomic E-state index is 0.0394. The lowest BCUT2D eigenvalue weighted by molar-refractivity contribution is -0.128. The maximum absolute atomic E-state index is 13.1. The van der Waals surface area contributed by atoms with Crippen LogP contribution < -0.4 is 5.32 Å². The molecule has 1 aliphatic carbocycles. The highest BCUT2D eigenvalue weighted by Crippen LogP contribution is 2.30. The number of carbonyl (C=O) groups is 1. The number of halogens is 1. The third kappa shape index (κ3) is 3.89. The number of para-hydroxylation sites is 1. The van der Waals surface area contributed by atoms with Gasteiger partial charge in [-0.15, -0.1) is 5.10 Å². The second-order valence-corrected chi connectivity index (χ2v) is 6.88. The van der Waals surface area contributed by atoms with E-state index < -0.39 is 0 Å². The number of anilines is 1. The Morgan fingerprint density at radius 2 is 1.85 bits per heavy atom. The van der Waals surface area contributed by atoms with E-state index in [-0.39, 0.29) is 23.6 Å². The average Bonchev–Trinajstić information content (AvgIpc) is 3.18. The van der Waals surface area contributed by atoms with Crippen molar-refractivity contribution in [1.29, 1.82) is 0 Å². The molecule has 6 heteroatoms. The molecule has 1 fully saturated rings. The fraction of sp³-hybridized carbons (Fsp3) is 0.286. The number of nitrogens with zero attached hydrogens (tertiary/aromatic N) is 3. The lowest BCUT2D eigenvalue weighted by Crippen LogP contribution is -2.34. The van der Waals surface area contributed by atoms with Crippen LogP contribution in [0.4, 0.5) is 10.1 Å². The third-order valence-corrected chi connectivity index (χ3v) is 5.06. The molecule has 1 unspecified atom stereocenters. The largest absolute Gasteiger partial charge is 0.384 e. The number of ketones is 1. The zero-order valence-electron chi connectivity index (χ0n) is 14.9. The van der Waals surface area contributed by atoms with Crippen LogP contribution >= 0.6 is 0 Å². The van der Waals surface area contributed by atoms with Crippen LogP contribution in [0.25, 0.3) is 11.3 Å².